The van der Waals surface area contributed by atoms with E-state index >= 15 is 0 Å². The number of carbonyl (C=O) groups is 1. The molecule has 0 spiro atoms. The lowest BCUT2D eigenvalue weighted by Crippen LogP contribution is -2.26. The van der Waals surface area contributed by atoms with Crippen LogP contribution >= 0.6 is 0 Å². The van der Waals surface area contributed by atoms with Crippen LogP contribution in [0.15, 0.2) is 30.3 Å². The molecule has 1 aromatic carbocycles. The van der Waals surface area contributed by atoms with Gasteiger partial charge in [0.2, 0.25) is 0 Å². The molecular weight excluding hydrogens is 212 g/mol. The van der Waals surface area contributed by atoms with Crippen LogP contribution in [0.4, 0.5) is 0 Å². The van der Waals surface area contributed by atoms with Gasteiger partial charge in [0.25, 0.3) is 0 Å². The van der Waals surface area contributed by atoms with E-state index in [0.717, 1.165) is 6.42 Å². The van der Waals surface area contributed by atoms with Crippen LogP contribution in [0.3, 0.4) is 0 Å². The molecule has 0 heterocycles. The van der Waals surface area contributed by atoms with Crippen molar-refractivity contribution in [3.63, 3.8) is 0 Å². The number of ether oxygens (including phenoxy) is 1. The molecule has 2 nitrogen and oxygen atoms in total. The fourth-order valence-electron chi connectivity index (χ4n) is 2.22. The largest absolute Gasteiger partial charge is 0.460 e. The van der Waals surface area contributed by atoms with Gasteiger partial charge in [-0.2, -0.15) is 0 Å². The van der Waals surface area contributed by atoms with Crippen molar-refractivity contribution in [2.24, 2.45) is 5.92 Å². The van der Waals surface area contributed by atoms with E-state index in [1.807, 2.05) is 39.0 Å². The summed E-state index contributed by atoms with van der Waals surface area (Å²) in [4.78, 5) is 12.0. The van der Waals surface area contributed by atoms with Gasteiger partial charge in [0.1, 0.15) is 5.60 Å². The topological polar surface area (TPSA) is 26.3 Å². The van der Waals surface area contributed by atoms with Crippen LogP contribution in [0.2, 0.25) is 0 Å². The van der Waals surface area contributed by atoms with Crippen molar-refractivity contribution in [1.82, 2.24) is 0 Å². The van der Waals surface area contributed by atoms with E-state index < -0.39 is 5.60 Å². The third-order valence-corrected chi connectivity index (χ3v) is 3.36. The van der Waals surface area contributed by atoms with Crippen LogP contribution in [-0.4, -0.2) is 11.6 Å². The minimum atomic E-state index is -0.392. The van der Waals surface area contributed by atoms with Crippen LogP contribution in [-0.2, 0) is 14.9 Å². The molecule has 0 unspecified atom stereocenters. The third kappa shape index (κ3) is 2.51. The summed E-state index contributed by atoms with van der Waals surface area (Å²) in [6.45, 7) is 7.87. The summed E-state index contributed by atoms with van der Waals surface area (Å²) in [6, 6.07) is 10.2. The van der Waals surface area contributed by atoms with Crippen LogP contribution in [0.5, 0.6) is 0 Å². The van der Waals surface area contributed by atoms with Crippen molar-refractivity contribution in [2.45, 2.75) is 45.1 Å². The highest BCUT2D eigenvalue weighted by molar-refractivity contribution is 5.79. The molecule has 0 aliphatic heterocycles. The molecule has 17 heavy (non-hydrogen) atoms. The second kappa shape index (κ2) is 3.86. The predicted octanol–water partition coefficient (Wildman–Crippen LogP) is 3.31. The average Bonchev–Trinajstić information content (AvgIpc) is 2.92. The zero-order valence-electron chi connectivity index (χ0n) is 11.0. The highest BCUT2D eigenvalue weighted by Gasteiger charge is 2.56. The van der Waals surface area contributed by atoms with Gasteiger partial charge in [0.15, 0.2) is 0 Å². The lowest BCUT2D eigenvalue weighted by atomic mass is 9.95. The Balaban J connectivity index is 2.07. The summed E-state index contributed by atoms with van der Waals surface area (Å²) < 4.78 is 5.44. The van der Waals surface area contributed by atoms with Gasteiger partial charge in [-0.3, -0.25) is 4.79 Å². The Bertz CT molecular complexity index is 416. The first-order valence-electron chi connectivity index (χ1n) is 6.11. The second-order valence-corrected chi connectivity index (χ2v) is 6.07. The summed E-state index contributed by atoms with van der Waals surface area (Å²) in [7, 11) is 0. The van der Waals surface area contributed by atoms with Gasteiger partial charge in [-0.25, -0.2) is 0 Å². The molecule has 2 atom stereocenters. The Morgan fingerprint density at radius 3 is 2.41 bits per heavy atom. The SMILES string of the molecule is CC(C)(C)OC(=O)[C@@H]1C[C@@]1(C)c1ccccc1. The second-order valence-electron chi connectivity index (χ2n) is 6.07. The molecule has 0 radical (unpaired) electrons. The Morgan fingerprint density at radius 2 is 1.88 bits per heavy atom. The monoisotopic (exact) mass is 232 g/mol. The van der Waals surface area contributed by atoms with E-state index in [9.17, 15) is 4.79 Å². The molecule has 2 rings (SSSR count). The summed E-state index contributed by atoms with van der Waals surface area (Å²) in [5, 5.41) is 0. The maximum absolute atomic E-state index is 12.0. The number of esters is 1. The molecule has 1 aromatic rings. The van der Waals surface area contributed by atoms with Gasteiger partial charge < -0.3 is 4.74 Å². The average molecular weight is 232 g/mol. The van der Waals surface area contributed by atoms with E-state index in [2.05, 4.69) is 19.1 Å². The van der Waals surface area contributed by atoms with Gasteiger partial charge in [-0.1, -0.05) is 37.3 Å². The Labute approximate surface area is 103 Å². The zero-order valence-corrected chi connectivity index (χ0v) is 11.0. The maximum Gasteiger partial charge on any atom is 0.310 e. The lowest BCUT2D eigenvalue weighted by Gasteiger charge is -2.20. The molecule has 0 N–H and O–H groups in total. The standard InChI is InChI=1S/C15H20O2/c1-14(2,3)17-13(16)12-10-15(12,4)11-8-6-5-7-9-11/h5-9,12H,10H2,1-4H3/t12-,15-/m0/s1. The highest BCUT2D eigenvalue weighted by Crippen LogP contribution is 2.54. The normalized spacial score (nSPS) is 27.6. The van der Waals surface area contributed by atoms with Crippen molar-refractivity contribution >= 4 is 5.97 Å². The lowest BCUT2D eigenvalue weighted by molar-refractivity contribution is -0.157. The molecule has 1 saturated carbocycles. The fraction of sp³-hybridized carbons (Fsp3) is 0.533. The first kappa shape index (κ1) is 12.2. The minimum absolute atomic E-state index is 0.0177. The van der Waals surface area contributed by atoms with Crippen LogP contribution < -0.4 is 0 Å². The summed E-state index contributed by atoms with van der Waals surface area (Å²) in [6.07, 6.45) is 0.895. The molecule has 0 bridgehead atoms. The van der Waals surface area contributed by atoms with Gasteiger partial charge in [0.05, 0.1) is 5.92 Å². The molecule has 1 aliphatic rings. The summed E-state index contributed by atoms with van der Waals surface area (Å²) >= 11 is 0. The fourth-order valence-corrected chi connectivity index (χ4v) is 2.22. The van der Waals surface area contributed by atoms with Crippen LogP contribution in [0, 0.1) is 5.92 Å². The molecule has 92 valence electrons. The van der Waals surface area contributed by atoms with E-state index in [1.165, 1.54) is 5.56 Å². The first-order chi connectivity index (χ1) is 7.83. The molecule has 2 heteroatoms. The molecular formula is C15H20O2. The molecule has 1 aliphatic carbocycles. The van der Waals surface area contributed by atoms with Crippen molar-refractivity contribution in [3.05, 3.63) is 35.9 Å². The van der Waals surface area contributed by atoms with Gasteiger partial charge in [-0.15, -0.1) is 0 Å². The highest BCUT2D eigenvalue weighted by atomic mass is 16.6. The minimum Gasteiger partial charge on any atom is -0.460 e. The Hall–Kier alpha value is -1.31. The quantitative estimate of drug-likeness (QED) is 0.731. The van der Waals surface area contributed by atoms with Gasteiger partial charge >= 0.3 is 5.97 Å². The third-order valence-electron chi connectivity index (χ3n) is 3.36. The van der Waals surface area contributed by atoms with Crippen LogP contribution in [0.25, 0.3) is 0 Å². The molecule has 0 amide bonds. The first-order valence-corrected chi connectivity index (χ1v) is 6.11. The van der Waals surface area contributed by atoms with Crippen molar-refractivity contribution in [3.8, 4) is 0 Å². The number of hydrogen-bond donors (Lipinski definition) is 0. The maximum atomic E-state index is 12.0. The number of hydrogen-bond acceptors (Lipinski definition) is 2. The van der Waals surface area contributed by atoms with Gasteiger partial charge in [-0.05, 0) is 32.8 Å². The Morgan fingerprint density at radius 1 is 1.29 bits per heavy atom. The number of benzene rings is 1. The molecule has 0 aromatic heterocycles. The summed E-state index contributed by atoms with van der Waals surface area (Å²) in [5.41, 5.74) is 0.816. The van der Waals surface area contributed by atoms with E-state index in [4.69, 9.17) is 4.74 Å². The van der Waals surface area contributed by atoms with Crippen molar-refractivity contribution in [2.75, 3.05) is 0 Å². The van der Waals surface area contributed by atoms with E-state index in [-0.39, 0.29) is 17.3 Å². The number of carbonyl (C=O) groups excluding carboxylic acids is 1. The number of rotatable bonds is 2. The van der Waals surface area contributed by atoms with Crippen molar-refractivity contribution in [1.29, 1.82) is 0 Å². The van der Waals surface area contributed by atoms with E-state index in [1.54, 1.807) is 0 Å². The summed E-state index contributed by atoms with van der Waals surface area (Å²) in [5.74, 6) is -0.0482. The predicted molar refractivity (Wildman–Crippen MR) is 67.7 cm³/mol. The Kier molecular flexibility index (Phi) is 2.76. The van der Waals surface area contributed by atoms with Crippen molar-refractivity contribution < 1.29 is 9.53 Å². The van der Waals surface area contributed by atoms with E-state index in [0.29, 0.717) is 0 Å². The smallest absolute Gasteiger partial charge is 0.310 e. The molecule has 1 fully saturated rings. The zero-order chi connectivity index (χ0) is 12.7. The van der Waals surface area contributed by atoms with Crippen LogP contribution in [0.1, 0.15) is 39.7 Å². The molecule has 0 saturated heterocycles. The van der Waals surface area contributed by atoms with Gasteiger partial charge in [0, 0.05) is 5.41 Å².